The quantitative estimate of drug-likeness (QED) is 0.672. The van der Waals surface area contributed by atoms with Gasteiger partial charge in [-0.25, -0.2) is 4.98 Å². The van der Waals surface area contributed by atoms with Crippen LogP contribution in [0.3, 0.4) is 0 Å². The van der Waals surface area contributed by atoms with Crippen LogP contribution in [0.15, 0.2) is 29.6 Å². The van der Waals surface area contributed by atoms with E-state index >= 15 is 0 Å². The molecular weight excluding hydrogens is 343 g/mol. The van der Waals surface area contributed by atoms with Gasteiger partial charge in [0.05, 0.1) is 16.9 Å². The molecule has 1 aromatic heterocycles. The number of rotatable bonds is 4. The fraction of sp³-hybridized carbons (Fsp3) is 0.100. The van der Waals surface area contributed by atoms with E-state index < -0.39 is 14.9 Å². The number of hydrogen-bond acceptors (Lipinski definition) is 5. The highest BCUT2D eigenvalue weighted by atomic mass is 35.5. The van der Waals surface area contributed by atoms with Gasteiger partial charge in [0.2, 0.25) is 5.03 Å². The third-order valence-corrected chi connectivity index (χ3v) is 4.66. The van der Waals surface area contributed by atoms with Crippen molar-refractivity contribution in [3.05, 3.63) is 44.8 Å². The monoisotopic (exact) mass is 350 g/mol. The lowest BCUT2D eigenvalue weighted by molar-refractivity contribution is -0.384. The molecule has 0 fully saturated rings. The Hall–Kier alpha value is -1.84. The van der Waals surface area contributed by atoms with Gasteiger partial charge in [-0.05, 0) is 12.1 Å². The smallest absolute Gasteiger partial charge is 0.288 e. The lowest BCUT2D eigenvalue weighted by atomic mass is 10.3. The zero-order valence-corrected chi connectivity index (χ0v) is 12.8. The lowest BCUT2D eigenvalue weighted by Gasteiger charge is -2.07. The number of aryl methyl sites for hydroxylation is 1. The Kier molecular flexibility index (Phi) is 4.08. The van der Waals surface area contributed by atoms with Gasteiger partial charge in [0.1, 0.15) is 10.2 Å². The number of benzene rings is 1. The molecule has 0 bridgehead atoms. The number of sulfonamides is 1. The topological polar surface area (TPSA) is 107 Å². The highest BCUT2D eigenvalue weighted by molar-refractivity contribution is 7.92. The standard InChI is InChI=1S/C10H8Cl2N4O4S/c1-15-5-13-10(9(15)12)21(19,20)14-6-2-3-8(16(17)18)7(11)4-6/h2-5,14H,1H3. The summed E-state index contributed by atoms with van der Waals surface area (Å²) in [6.45, 7) is 0. The second-order valence-electron chi connectivity index (χ2n) is 3.98. The van der Waals surface area contributed by atoms with Gasteiger partial charge in [-0.3, -0.25) is 14.8 Å². The maximum atomic E-state index is 12.1. The number of aromatic nitrogens is 2. The molecule has 21 heavy (non-hydrogen) atoms. The Balaban J connectivity index is 2.35. The van der Waals surface area contributed by atoms with Gasteiger partial charge >= 0.3 is 0 Å². The molecule has 1 N–H and O–H groups in total. The van der Waals surface area contributed by atoms with Crippen molar-refractivity contribution in [1.82, 2.24) is 9.55 Å². The molecule has 0 spiro atoms. The van der Waals surface area contributed by atoms with Gasteiger partial charge in [-0.2, -0.15) is 8.42 Å². The molecule has 1 aromatic carbocycles. The van der Waals surface area contributed by atoms with E-state index in [9.17, 15) is 18.5 Å². The molecule has 11 heteroatoms. The summed E-state index contributed by atoms with van der Waals surface area (Å²) >= 11 is 11.5. The minimum atomic E-state index is -4.02. The van der Waals surface area contributed by atoms with Crippen molar-refractivity contribution in [3.8, 4) is 0 Å². The summed E-state index contributed by atoms with van der Waals surface area (Å²) in [5.74, 6) is 0. The first-order chi connectivity index (χ1) is 9.72. The molecule has 2 aromatic rings. The number of imidazole rings is 1. The van der Waals surface area contributed by atoms with E-state index in [1.807, 2.05) is 0 Å². The number of nitro benzene ring substituents is 1. The van der Waals surface area contributed by atoms with Gasteiger partial charge in [0.25, 0.3) is 15.7 Å². The Morgan fingerprint density at radius 2 is 2.05 bits per heavy atom. The summed E-state index contributed by atoms with van der Waals surface area (Å²) in [4.78, 5) is 13.7. The normalized spacial score (nSPS) is 11.4. The summed E-state index contributed by atoms with van der Waals surface area (Å²) in [7, 11) is -2.48. The number of halogens is 2. The van der Waals surface area contributed by atoms with E-state index in [2.05, 4.69) is 9.71 Å². The van der Waals surface area contributed by atoms with Crippen LogP contribution in [-0.2, 0) is 17.1 Å². The second kappa shape index (κ2) is 5.51. The highest BCUT2D eigenvalue weighted by Crippen LogP contribution is 2.29. The molecule has 0 amide bonds. The first kappa shape index (κ1) is 15.5. The third kappa shape index (κ3) is 3.09. The van der Waals surface area contributed by atoms with Crippen molar-refractivity contribution >= 4 is 44.6 Å². The van der Waals surface area contributed by atoms with E-state index in [1.54, 1.807) is 0 Å². The molecule has 0 aliphatic rings. The first-order valence-corrected chi connectivity index (χ1v) is 7.60. The average Bonchev–Trinajstić information content (AvgIpc) is 2.69. The summed E-state index contributed by atoms with van der Waals surface area (Å²) < 4.78 is 27.8. The average molecular weight is 351 g/mol. The molecule has 112 valence electrons. The summed E-state index contributed by atoms with van der Waals surface area (Å²) in [5.41, 5.74) is -0.261. The maximum Gasteiger partial charge on any atom is 0.288 e. The SMILES string of the molecule is Cn1cnc(S(=O)(=O)Nc2ccc([N+](=O)[O-])c(Cl)c2)c1Cl. The summed E-state index contributed by atoms with van der Waals surface area (Å²) in [6, 6.07) is 3.45. The first-order valence-electron chi connectivity index (χ1n) is 5.36. The molecule has 0 saturated heterocycles. The van der Waals surface area contributed by atoms with Gasteiger partial charge in [0.15, 0.2) is 0 Å². The second-order valence-corrected chi connectivity index (χ2v) is 6.34. The van der Waals surface area contributed by atoms with E-state index in [0.717, 1.165) is 12.1 Å². The van der Waals surface area contributed by atoms with E-state index in [0.29, 0.717) is 0 Å². The fourth-order valence-corrected chi connectivity index (χ4v) is 3.23. The van der Waals surface area contributed by atoms with E-state index in [1.165, 1.54) is 24.0 Å². The maximum absolute atomic E-state index is 12.1. The van der Waals surface area contributed by atoms with Crippen LogP contribution in [0, 0.1) is 10.1 Å². The van der Waals surface area contributed by atoms with Crippen molar-refractivity contribution < 1.29 is 13.3 Å². The van der Waals surface area contributed by atoms with Crippen LogP contribution in [0.5, 0.6) is 0 Å². The number of hydrogen-bond donors (Lipinski definition) is 1. The summed E-state index contributed by atoms with van der Waals surface area (Å²) in [5, 5.41) is 10.0. The van der Waals surface area contributed by atoms with Crippen molar-refractivity contribution in [1.29, 1.82) is 0 Å². The van der Waals surface area contributed by atoms with E-state index in [-0.39, 0.29) is 26.6 Å². The van der Waals surface area contributed by atoms with Gasteiger partial charge in [-0.1, -0.05) is 23.2 Å². The lowest BCUT2D eigenvalue weighted by Crippen LogP contribution is -2.14. The van der Waals surface area contributed by atoms with Crippen LogP contribution in [0.2, 0.25) is 10.2 Å². The molecule has 1 heterocycles. The predicted molar refractivity (Wildman–Crippen MR) is 77.1 cm³/mol. The van der Waals surface area contributed by atoms with Gasteiger partial charge < -0.3 is 4.57 Å². The Morgan fingerprint density at radius 3 is 2.52 bits per heavy atom. The van der Waals surface area contributed by atoms with Gasteiger partial charge in [0, 0.05) is 13.1 Å². The number of anilines is 1. The van der Waals surface area contributed by atoms with Crippen LogP contribution >= 0.6 is 23.2 Å². The third-order valence-electron chi connectivity index (χ3n) is 2.49. The molecule has 0 aliphatic heterocycles. The van der Waals surface area contributed by atoms with E-state index in [4.69, 9.17) is 23.2 Å². The summed E-state index contributed by atoms with van der Waals surface area (Å²) in [6.07, 6.45) is 1.25. The molecule has 0 atom stereocenters. The number of nitrogens with zero attached hydrogens (tertiary/aromatic N) is 3. The molecule has 8 nitrogen and oxygen atoms in total. The Bertz CT molecular complexity index is 818. The number of nitro groups is 1. The Morgan fingerprint density at radius 1 is 1.38 bits per heavy atom. The van der Waals surface area contributed by atoms with Crippen LogP contribution in [0.25, 0.3) is 0 Å². The van der Waals surface area contributed by atoms with Gasteiger partial charge in [-0.15, -0.1) is 0 Å². The van der Waals surface area contributed by atoms with Crippen molar-refractivity contribution in [3.63, 3.8) is 0 Å². The molecule has 2 rings (SSSR count). The van der Waals surface area contributed by atoms with Crippen molar-refractivity contribution in [2.45, 2.75) is 5.03 Å². The minimum Gasteiger partial charge on any atom is -0.324 e. The zero-order chi connectivity index (χ0) is 15.8. The molecule has 0 unspecified atom stereocenters. The zero-order valence-electron chi connectivity index (χ0n) is 10.4. The van der Waals surface area contributed by atoms with Crippen LogP contribution in [0.4, 0.5) is 11.4 Å². The Labute approximate surface area is 129 Å². The molecule has 0 aliphatic carbocycles. The van der Waals surface area contributed by atoms with Crippen LogP contribution in [-0.4, -0.2) is 22.9 Å². The molecular formula is C10H8Cl2N4O4S. The van der Waals surface area contributed by atoms with Crippen LogP contribution < -0.4 is 4.72 Å². The van der Waals surface area contributed by atoms with Crippen LogP contribution in [0.1, 0.15) is 0 Å². The number of nitrogens with one attached hydrogen (secondary N) is 1. The highest BCUT2D eigenvalue weighted by Gasteiger charge is 2.23. The molecule has 0 radical (unpaired) electrons. The molecule has 0 saturated carbocycles. The van der Waals surface area contributed by atoms with Crippen molar-refractivity contribution in [2.24, 2.45) is 7.05 Å². The largest absolute Gasteiger partial charge is 0.324 e. The minimum absolute atomic E-state index is 0.0597. The van der Waals surface area contributed by atoms with Crippen molar-refractivity contribution in [2.75, 3.05) is 4.72 Å². The predicted octanol–water partition coefficient (Wildman–Crippen LogP) is 2.44. The fourth-order valence-electron chi connectivity index (χ4n) is 1.50.